The van der Waals surface area contributed by atoms with Crippen LogP contribution in [0.25, 0.3) is 6.08 Å². The second kappa shape index (κ2) is 9.03. The third-order valence-corrected chi connectivity index (χ3v) is 5.52. The Morgan fingerprint density at radius 3 is 2.56 bits per heavy atom. The molecule has 0 bridgehead atoms. The standard InChI is InChI=1S/C23H31N3O/c1-4-22-24-13-16-26(22)17-20-11-14-25(15-12-20)23(27)10-7-19-5-8-21(9-6-19)18(2)3/h5-10,13,16,18,20H,4,11-12,14-15,17H2,1-3H3/b10-7+. The molecule has 0 unspecified atom stereocenters. The van der Waals surface area contributed by atoms with Crippen LogP contribution in [0.3, 0.4) is 0 Å². The van der Waals surface area contributed by atoms with E-state index in [0.717, 1.165) is 50.3 Å². The molecule has 1 aliphatic heterocycles. The molecule has 1 saturated heterocycles. The van der Waals surface area contributed by atoms with Crippen molar-refractivity contribution in [3.05, 3.63) is 59.7 Å². The number of aryl methyl sites for hydroxylation is 1. The molecule has 0 atom stereocenters. The molecule has 0 spiro atoms. The first-order valence-electron chi connectivity index (χ1n) is 10.1. The maximum atomic E-state index is 12.5. The van der Waals surface area contributed by atoms with Gasteiger partial charge in [-0.3, -0.25) is 4.79 Å². The van der Waals surface area contributed by atoms with E-state index in [-0.39, 0.29) is 5.91 Å². The molecule has 144 valence electrons. The number of imidazole rings is 1. The molecule has 1 fully saturated rings. The summed E-state index contributed by atoms with van der Waals surface area (Å²) in [5.74, 6) is 2.43. The number of aromatic nitrogens is 2. The van der Waals surface area contributed by atoms with Crippen molar-refractivity contribution >= 4 is 12.0 Å². The molecule has 1 aliphatic rings. The van der Waals surface area contributed by atoms with Gasteiger partial charge >= 0.3 is 0 Å². The summed E-state index contributed by atoms with van der Waals surface area (Å²) >= 11 is 0. The third kappa shape index (κ3) is 5.09. The Morgan fingerprint density at radius 2 is 1.93 bits per heavy atom. The lowest BCUT2D eigenvalue weighted by molar-refractivity contribution is -0.127. The number of hydrogen-bond donors (Lipinski definition) is 0. The van der Waals surface area contributed by atoms with Crippen LogP contribution in [0.15, 0.2) is 42.7 Å². The Balaban J connectivity index is 1.49. The van der Waals surface area contributed by atoms with Crippen LogP contribution in [-0.4, -0.2) is 33.4 Å². The van der Waals surface area contributed by atoms with E-state index in [1.165, 1.54) is 5.56 Å². The molecular weight excluding hydrogens is 334 g/mol. The zero-order valence-electron chi connectivity index (χ0n) is 16.8. The van der Waals surface area contributed by atoms with Gasteiger partial charge in [0, 0.05) is 44.5 Å². The van der Waals surface area contributed by atoms with E-state index < -0.39 is 0 Å². The van der Waals surface area contributed by atoms with Gasteiger partial charge in [-0.05, 0) is 41.9 Å². The van der Waals surface area contributed by atoms with Crippen molar-refractivity contribution in [1.82, 2.24) is 14.5 Å². The number of carbonyl (C=O) groups excluding carboxylic acids is 1. The molecule has 4 heteroatoms. The fourth-order valence-electron chi connectivity index (χ4n) is 3.70. The summed E-state index contributed by atoms with van der Waals surface area (Å²) in [5, 5.41) is 0. The molecule has 27 heavy (non-hydrogen) atoms. The van der Waals surface area contributed by atoms with E-state index in [9.17, 15) is 4.79 Å². The maximum Gasteiger partial charge on any atom is 0.246 e. The van der Waals surface area contributed by atoms with Crippen molar-refractivity contribution in [2.75, 3.05) is 13.1 Å². The van der Waals surface area contributed by atoms with Crippen LogP contribution >= 0.6 is 0 Å². The Morgan fingerprint density at radius 1 is 1.22 bits per heavy atom. The van der Waals surface area contributed by atoms with Crippen LogP contribution in [0.4, 0.5) is 0 Å². The first kappa shape index (κ1) is 19.4. The second-order valence-corrected chi connectivity index (χ2v) is 7.77. The fourth-order valence-corrected chi connectivity index (χ4v) is 3.70. The molecule has 0 N–H and O–H groups in total. The van der Waals surface area contributed by atoms with E-state index in [0.29, 0.717) is 11.8 Å². The van der Waals surface area contributed by atoms with Crippen molar-refractivity contribution in [2.45, 2.75) is 52.5 Å². The molecule has 1 amide bonds. The van der Waals surface area contributed by atoms with E-state index in [4.69, 9.17) is 0 Å². The summed E-state index contributed by atoms with van der Waals surface area (Å²) in [6.07, 6.45) is 10.7. The van der Waals surface area contributed by atoms with Crippen molar-refractivity contribution in [2.24, 2.45) is 5.92 Å². The quantitative estimate of drug-likeness (QED) is 0.706. The molecule has 2 aromatic rings. The number of benzene rings is 1. The van der Waals surface area contributed by atoms with Crippen LogP contribution < -0.4 is 0 Å². The number of likely N-dealkylation sites (tertiary alicyclic amines) is 1. The maximum absolute atomic E-state index is 12.5. The lowest BCUT2D eigenvalue weighted by atomic mass is 9.96. The SMILES string of the molecule is CCc1nccn1CC1CCN(C(=O)/C=C/c2ccc(C(C)C)cc2)CC1. The van der Waals surface area contributed by atoms with Gasteiger partial charge in [-0.15, -0.1) is 0 Å². The minimum atomic E-state index is 0.123. The van der Waals surface area contributed by atoms with E-state index >= 15 is 0 Å². The Hall–Kier alpha value is -2.36. The molecule has 2 heterocycles. The van der Waals surface area contributed by atoms with Crippen molar-refractivity contribution in [3.63, 3.8) is 0 Å². The van der Waals surface area contributed by atoms with Crippen LogP contribution in [-0.2, 0) is 17.8 Å². The third-order valence-electron chi connectivity index (χ3n) is 5.52. The predicted octanol–water partition coefficient (Wildman–Crippen LogP) is 4.52. The zero-order valence-corrected chi connectivity index (χ0v) is 16.8. The van der Waals surface area contributed by atoms with Gasteiger partial charge in [0.05, 0.1) is 0 Å². The second-order valence-electron chi connectivity index (χ2n) is 7.77. The summed E-state index contributed by atoms with van der Waals surface area (Å²) in [6.45, 7) is 9.22. The lowest BCUT2D eigenvalue weighted by Gasteiger charge is -2.31. The molecule has 0 aliphatic carbocycles. The number of rotatable bonds is 6. The summed E-state index contributed by atoms with van der Waals surface area (Å²) in [6, 6.07) is 8.45. The van der Waals surface area contributed by atoms with Crippen LogP contribution in [0.5, 0.6) is 0 Å². The highest BCUT2D eigenvalue weighted by atomic mass is 16.2. The van der Waals surface area contributed by atoms with Gasteiger partial charge in [0.2, 0.25) is 5.91 Å². The van der Waals surface area contributed by atoms with Crippen molar-refractivity contribution in [3.8, 4) is 0 Å². The minimum Gasteiger partial charge on any atom is -0.339 e. The summed E-state index contributed by atoms with van der Waals surface area (Å²) in [5.41, 5.74) is 2.40. The highest BCUT2D eigenvalue weighted by molar-refractivity contribution is 5.91. The topological polar surface area (TPSA) is 38.1 Å². The van der Waals surface area contributed by atoms with Gasteiger partial charge in [0.1, 0.15) is 5.82 Å². The van der Waals surface area contributed by atoms with Gasteiger partial charge in [0.25, 0.3) is 0 Å². The smallest absolute Gasteiger partial charge is 0.246 e. The van der Waals surface area contributed by atoms with Gasteiger partial charge < -0.3 is 9.47 Å². The average molecular weight is 366 g/mol. The number of carbonyl (C=O) groups is 1. The first-order chi connectivity index (χ1) is 13.1. The molecule has 4 nitrogen and oxygen atoms in total. The lowest BCUT2D eigenvalue weighted by Crippen LogP contribution is -2.38. The van der Waals surface area contributed by atoms with Gasteiger partial charge in [-0.1, -0.05) is 45.0 Å². The molecule has 1 aromatic heterocycles. The molecule has 1 aromatic carbocycles. The van der Waals surface area contributed by atoms with Gasteiger partial charge in [-0.25, -0.2) is 4.98 Å². The Labute approximate surface area is 162 Å². The highest BCUT2D eigenvalue weighted by Gasteiger charge is 2.22. The summed E-state index contributed by atoms with van der Waals surface area (Å²) in [7, 11) is 0. The van der Waals surface area contributed by atoms with E-state index in [1.807, 2.05) is 17.2 Å². The van der Waals surface area contributed by atoms with Crippen LogP contribution in [0.2, 0.25) is 0 Å². The monoisotopic (exact) mass is 365 g/mol. The number of piperidine rings is 1. The summed E-state index contributed by atoms with van der Waals surface area (Å²) in [4.78, 5) is 18.9. The van der Waals surface area contributed by atoms with E-state index in [2.05, 4.69) is 60.8 Å². The van der Waals surface area contributed by atoms with Gasteiger partial charge in [-0.2, -0.15) is 0 Å². The largest absolute Gasteiger partial charge is 0.339 e. The number of nitrogens with zero attached hydrogens (tertiary/aromatic N) is 3. The summed E-state index contributed by atoms with van der Waals surface area (Å²) < 4.78 is 2.27. The number of amides is 1. The minimum absolute atomic E-state index is 0.123. The van der Waals surface area contributed by atoms with Crippen molar-refractivity contribution in [1.29, 1.82) is 0 Å². The average Bonchev–Trinajstić information content (AvgIpc) is 3.14. The predicted molar refractivity (Wildman–Crippen MR) is 110 cm³/mol. The highest BCUT2D eigenvalue weighted by Crippen LogP contribution is 2.21. The Kier molecular flexibility index (Phi) is 6.49. The van der Waals surface area contributed by atoms with Gasteiger partial charge in [0.15, 0.2) is 0 Å². The fraction of sp³-hybridized carbons (Fsp3) is 0.478. The first-order valence-corrected chi connectivity index (χ1v) is 10.1. The molecular formula is C23H31N3O. The normalized spacial score (nSPS) is 15.8. The van der Waals surface area contributed by atoms with Crippen molar-refractivity contribution < 1.29 is 4.79 Å². The molecule has 0 saturated carbocycles. The number of hydrogen-bond acceptors (Lipinski definition) is 2. The zero-order chi connectivity index (χ0) is 19.2. The molecule has 0 radical (unpaired) electrons. The van der Waals surface area contributed by atoms with Crippen LogP contribution in [0, 0.1) is 5.92 Å². The van der Waals surface area contributed by atoms with E-state index in [1.54, 1.807) is 6.08 Å². The molecule has 3 rings (SSSR count). The van der Waals surface area contributed by atoms with Crippen LogP contribution in [0.1, 0.15) is 56.5 Å². The Bertz CT molecular complexity index is 765.